The van der Waals surface area contributed by atoms with Gasteiger partial charge in [0, 0.05) is 6.42 Å². The van der Waals surface area contributed by atoms with Crippen molar-refractivity contribution >= 4 is 12.3 Å². The maximum Gasteiger partial charge on any atom is 0.311 e. The Kier molecular flexibility index (Phi) is 3.40. The van der Waals surface area contributed by atoms with E-state index in [-0.39, 0.29) is 6.42 Å². The number of rotatable bonds is 4. The molecule has 0 amide bonds. The van der Waals surface area contributed by atoms with Gasteiger partial charge in [-0.15, -0.1) is 0 Å². The number of carboxylic acid groups (broad SMARTS) is 1. The predicted molar refractivity (Wildman–Crippen MR) is 52.2 cm³/mol. The van der Waals surface area contributed by atoms with Crippen LogP contribution in [0.3, 0.4) is 0 Å². The number of aldehydes is 1. The Morgan fingerprint density at radius 3 is 2.43 bits per heavy atom. The van der Waals surface area contributed by atoms with Gasteiger partial charge in [0.15, 0.2) is 0 Å². The maximum atomic E-state index is 10.8. The molecule has 14 heavy (non-hydrogen) atoms. The molecule has 1 aromatic carbocycles. The fourth-order valence-electron chi connectivity index (χ4n) is 1.27. The van der Waals surface area contributed by atoms with E-state index < -0.39 is 11.9 Å². The Morgan fingerprint density at radius 1 is 1.43 bits per heavy atom. The first-order valence-electron chi connectivity index (χ1n) is 4.38. The van der Waals surface area contributed by atoms with E-state index in [1.54, 1.807) is 12.1 Å². The third-order valence-corrected chi connectivity index (χ3v) is 2.11. The smallest absolute Gasteiger partial charge is 0.311 e. The minimum absolute atomic E-state index is 0.0262. The minimum atomic E-state index is -0.957. The van der Waals surface area contributed by atoms with Crippen molar-refractivity contribution in [1.82, 2.24) is 0 Å². The highest BCUT2D eigenvalue weighted by Crippen LogP contribution is 2.19. The van der Waals surface area contributed by atoms with Gasteiger partial charge >= 0.3 is 5.97 Å². The summed E-state index contributed by atoms with van der Waals surface area (Å²) in [6, 6.07) is 7.18. The second-order valence-electron chi connectivity index (χ2n) is 3.20. The normalized spacial score (nSPS) is 12.1. The summed E-state index contributed by atoms with van der Waals surface area (Å²) in [5, 5.41) is 8.87. The van der Waals surface area contributed by atoms with E-state index in [2.05, 4.69) is 0 Å². The van der Waals surface area contributed by atoms with Gasteiger partial charge in [0.2, 0.25) is 0 Å². The number of benzene rings is 1. The predicted octanol–water partition coefficient (Wildman–Crippen LogP) is 1.75. The second kappa shape index (κ2) is 4.56. The van der Waals surface area contributed by atoms with Crippen LogP contribution in [0.25, 0.3) is 0 Å². The Morgan fingerprint density at radius 2 is 2.00 bits per heavy atom. The fraction of sp³-hybridized carbons (Fsp3) is 0.273. The summed E-state index contributed by atoms with van der Waals surface area (Å²) in [5.74, 6) is -1.67. The molecular formula is C11H12O3. The molecular weight excluding hydrogens is 180 g/mol. The topological polar surface area (TPSA) is 54.4 Å². The van der Waals surface area contributed by atoms with Crippen molar-refractivity contribution in [2.75, 3.05) is 0 Å². The zero-order valence-electron chi connectivity index (χ0n) is 7.93. The van der Waals surface area contributed by atoms with E-state index in [1.165, 1.54) is 0 Å². The van der Waals surface area contributed by atoms with E-state index in [9.17, 15) is 9.59 Å². The number of carboxylic acids is 1. The first-order valence-corrected chi connectivity index (χ1v) is 4.38. The summed E-state index contributed by atoms with van der Waals surface area (Å²) < 4.78 is 0. The van der Waals surface area contributed by atoms with Crippen LogP contribution < -0.4 is 0 Å². The molecule has 0 aliphatic heterocycles. The van der Waals surface area contributed by atoms with Gasteiger partial charge in [-0.2, -0.15) is 0 Å². The summed E-state index contributed by atoms with van der Waals surface area (Å²) in [7, 11) is 0. The lowest BCUT2D eigenvalue weighted by Gasteiger charge is -2.09. The zero-order valence-corrected chi connectivity index (χ0v) is 7.93. The van der Waals surface area contributed by atoms with Gasteiger partial charge in [0.05, 0.1) is 5.92 Å². The van der Waals surface area contributed by atoms with Gasteiger partial charge in [-0.3, -0.25) is 4.79 Å². The standard InChI is InChI=1S/C11H12O3/c1-8-2-4-9(5-3-8)10(6-7-12)11(13)14/h2-5,7,10H,6H2,1H3,(H,13,14)/t10-/m0/s1. The molecule has 1 atom stereocenters. The van der Waals surface area contributed by atoms with E-state index >= 15 is 0 Å². The highest BCUT2D eigenvalue weighted by Gasteiger charge is 2.18. The van der Waals surface area contributed by atoms with Crippen molar-refractivity contribution in [3.05, 3.63) is 35.4 Å². The number of carbonyl (C=O) groups is 2. The Labute approximate surface area is 82.4 Å². The fourth-order valence-corrected chi connectivity index (χ4v) is 1.27. The molecule has 0 bridgehead atoms. The molecule has 0 spiro atoms. The van der Waals surface area contributed by atoms with Gasteiger partial charge in [-0.05, 0) is 12.5 Å². The number of hydrogen-bond acceptors (Lipinski definition) is 2. The Bertz CT molecular complexity index is 327. The third kappa shape index (κ3) is 2.42. The molecule has 0 aliphatic carbocycles. The van der Waals surface area contributed by atoms with E-state index in [1.807, 2.05) is 19.1 Å². The largest absolute Gasteiger partial charge is 0.481 e. The van der Waals surface area contributed by atoms with Crippen LogP contribution in [0.2, 0.25) is 0 Å². The second-order valence-corrected chi connectivity index (χ2v) is 3.20. The molecule has 0 aromatic heterocycles. The van der Waals surface area contributed by atoms with E-state index in [0.29, 0.717) is 11.8 Å². The molecule has 0 saturated carbocycles. The summed E-state index contributed by atoms with van der Waals surface area (Å²) in [4.78, 5) is 21.1. The van der Waals surface area contributed by atoms with Crippen LogP contribution >= 0.6 is 0 Å². The van der Waals surface area contributed by atoms with Gasteiger partial charge < -0.3 is 9.90 Å². The van der Waals surface area contributed by atoms with E-state index in [0.717, 1.165) is 5.56 Å². The summed E-state index contributed by atoms with van der Waals surface area (Å²) >= 11 is 0. The molecule has 1 N–H and O–H groups in total. The van der Waals surface area contributed by atoms with Crippen LogP contribution in [0, 0.1) is 6.92 Å². The lowest BCUT2D eigenvalue weighted by molar-refractivity contribution is -0.139. The van der Waals surface area contributed by atoms with Gasteiger partial charge in [-0.25, -0.2) is 0 Å². The van der Waals surface area contributed by atoms with Crippen LogP contribution in [-0.4, -0.2) is 17.4 Å². The zero-order chi connectivity index (χ0) is 10.6. The number of aryl methyl sites for hydroxylation is 1. The first kappa shape index (κ1) is 10.4. The molecule has 1 aromatic rings. The molecule has 0 heterocycles. The number of hydrogen-bond donors (Lipinski definition) is 1. The van der Waals surface area contributed by atoms with Gasteiger partial charge in [0.25, 0.3) is 0 Å². The van der Waals surface area contributed by atoms with Crippen molar-refractivity contribution in [2.45, 2.75) is 19.3 Å². The average molecular weight is 192 g/mol. The quantitative estimate of drug-likeness (QED) is 0.739. The SMILES string of the molecule is Cc1ccc([C@H](CC=O)C(=O)O)cc1. The highest BCUT2D eigenvalue weighted by molar-refractivity contribution is 5.79. The van der Waals surface area contributed by atoms with Crippen LogP contribution in [0.4, 0.5) is 0 Å². The van der Waals surface area contributed by atoms with Crippen molar-refractivity contribution in [2.24, 2.45) is 0 Å². The van der Waals surface area contributed by atoms with Crippen molar-refractivity contribution in [3.8, 4) is 0 Å². The molecule has 0 aliphatic rings. The first-order chi connectivity index (χ1) is 6.65. The van der Waals surface area contributed by atoms with E-state index in [4.69, 9.17) is 5.11 Å². The van der Waals surface area contributed by atoms with Crippen molar-refractivity contribution in [3.63, 3.8) is 0 Å². The monoisotopic (exact) mass is 192 g/mol. The van der Waals surface area contributed by atoms with Crippen LogP contribution in [0.1, 0.15) is 23.5 Å². The Balaban J connectivity index is 2.93. The van der Waals surface area contributed by atoms with Crippen LogP contribution in [0.5, 0.6) is 0 Å². The van der Waals surface area contributed by atoms with Crippen LogP contribution in [-0.2, 0) is 9.59 Å². The van der Waals surface area contributed by atoms with Crippen molar-refractivity contribution < 1.29 is 14.7 Å². The molecule has 3 heteroatoms. The number of carbonyl (C=O) groups excluding carboxylic acids is 1. The lowest BCUT2D eigenvalue weighted by Crippen LogP contribution is -2.11. The number of aliphatic carboxylic acids is 1. The third-order valence-electron chi connectivity index (χ3n) is 2.11. The van der Waals surface area contributed by atoms with Gasteiger partial charge in [-0.1, -0.05) is 29.8 Å². The molecule has 3 nitrogen and oxygen atoms in total. The van der Waals surface area contributed by atoms with Crippen molar-refractivity contribution in [1.29, 1.82) is 0 Å². The highest BCUT2D eigenvalue weighted by atomic mass is 16.4. The summed E-state index contributed by atoms with van der Waals surface area (Å²) in [6.07, 6.45) is 0.664. The molecule has 1 rings (SSSR count). The van der Waals surface area contributed by atoms with Gasteiger partial charge in [0.1, 0.15) is 6.29 Å². The summed E-state index contributed by atoms with van der Waals surface area (Å²) in [5.41, 5.74) is 1.75. The summed E-state index contributed by atoms with van der Waals surface area (Å²) in [6.45, 7) is 1.93. The maximum absolute atomic E-state index is 10.8. The molecule has 0 unspecified atom stereocenters. The van der Waals surface area contributed by atoms with Crippen LogP contribution in [0.15, 0.2) is 24.3 Å². The minimum Gasteiger partial charge on any atom is -0.481 e. The Hall–Kier alpha value is -1.64. The molecule has 74 valence electrons. The lowest BCUT2D eigenvalue weighted by atomic mass is 9.96. The molecule has 0 saturated heterocycles. The molecule has 0 fully saturated rings. The molecule has 0 radical (unpaired) electrons. The average Bonchev–Trinajstić information content (AvgIpc) is 2.15.